The standard InChI is InChI=1S/C19H38N2/c1-17(2,3)20-15-18(4,5)16-21-13-11-19(12-14-21)9-7-6-8-10-19/h20H,6-16H2,1-5H3. The predicted octanol–water partition coefficient (Wildman–Crippen LogP) is 4.45. The smallest absolute Gasteiger partial charge is 0.00967 e. The number of hydrogen-bond donors (Lipinski definition) is 1. The maximum atomic E-state index is 3.68. The molecule has 124 valence electrons. The van der Waals surface area contributed by atoms with E-state index in [1.54, 1.807) is 0 Å². The first-order valence-electron chi connectivity index (χ1n) is 9.17. The highest BCUT2D eigenvalue weighted by atomic mass is 15.1. The zero-order valence-electron chi connectivity index (χ0n) is 15.2. The first-order valence-corrected chi connectivity index (χ1v) is 9.17. The van der Waals surface area contributed by atoms with Gasteiger partial charge in [-0.3, -0.25) is 0 Å². The van der Waals surface area contributed by atoms with Crippen LogP contribution in [0.3, 0.4) is 0 Å². The van der Waals surface area contributed by atoms with Crippen LogP contribution in [-0.4, -0.2) is 36.6 Å². The van der Waals surface area contributed by atoms with E-state index in [0.717, 1.165) is 12.0 Å². The van der Waals surface area contributed by atoms with Crippen LogP contribution in [0.4, 0.5) is 0 Å². The highest BCUT2D eigenvalue weighted by Gasteiger charge is 2.36. The van der Waals surface area contributed by atoms with E-state index in [1.165, 1.54) is 64.6 Å². The number of nitrogens with zero attached hydrogens (tertiary/aromatic N) is 1. The quantitative estimate of drug-likeness (QED) is 0.824. The van der Waals surface area contributed by atoms with Gasteiger partial charge in [-0.1, -0.05) is 33.1 Å². The fraction of sp³-hybridized carbons (Fsp3) is 1.00. The van der Waals surface area contributed by atoms with Gasteiger partial charge in [-0.05, 0) is 70.4 Å². The second-order valence-corrected chi connectivity index (χ2v) is 9.60. The van der Waals surface area contributed by atoms with Crippen LogP contribution in [-0.2, 0) is 0 Å². The van der Waals surface area contributed by atoms with E-state index in [-0.39, 0.29) is 5.54 Å². The Bertz CT molecular complexity index is 311. The lowest BCUT2D eigenvalue weighted by molar-refractivity contribution is 0.0474. The van der Waals surface area contributed by atoms with E-state index in [0.29, 0.717) is 5.41 Å². The summed E-state index contributed by atoms with van der Waals surface area (Å²) in [5.74, 6) is 0. The first kappa shape index (κ1) is 17.3. The van der Waals surface area contributed by atoms with Crippen molar-refractivity contribution in [1.29, 1.82) is 0 Å². The topological polar surface area (TPSA) is 15.3 Å². The molecule has 2 rings (SSSR count). The van der Waals surface area contributed by atoms with Crippen molar-refractivity contribution >= 4 is 0 Å². The lowest BCUT2D eigenvalue weighted by atomic mass is 9.68. The molecule has 1 aliphatic carbocycles. The van der Waals surface area contributed by atoms with Gasteiger partial charge in [0.2, 0.25) is 0 Å². The van der Waals surface area contributed by atoms with Crippen LogP contribution in [0.5, 0.6) is 0 Å². The fourth-order valence-electron chi connectivity index (χ4n) is 4.15. The highest BCUT2D eigenvalue weighted by Crippen LogP contribution is 2.44. The summed E-state index contributed by atoms with van der Waals surface area (Å²) in [6.07, 6.45) is 10.4. The highest BCUT2D eigenvalue weighted by molar-refractivity contribution is 4.90. The van der Waals surface area contributed by atoms with Crippen molar-refractivity contribution < 1.29 is 0 Å². The molecule has 1 heterocycles. The van der Waals surface area contributed by atoms with Crippen molar-refractivity contribution in [1.82, 2.24) is 10.2 Å². The van der Waals surface area contributed by atoms with Gasteiger partial charge in [-0.25, -0.2) is 0 Å². The third-order valence-electron chi connectivity index (χ3n) is 5.58. The summed E-state index contributed by atoms with van der Waals surface area (Å²) in [6.45, 7) is 16.6. The van der Waals surface area contributed by atoms with Crippen LogP contribution in [0.25, 0.3) is 0 Å². The lowest BCUT2D eigenvalue weighted by Crippen LogP contribution is -2.49. The molecule has 0 radical (unpaired) electrons. The van der Waals surface area contributed by atoms with Gasteiger partial charge in [-0.15, -0.1) is 0 Å². The van der Waals surface area contributed by atoms with Crippen LogP contribution in [0.1, 0.15) is 79.6 Å². The normalized spacial score (nSPS) is 24.4. The Hall–Kier alpha value is -0.0800. The Morgan fingerprint density at radius 3 is 1.95 bits per heavy atom. The van der Waals surface area contributed by atoms with Crippen molar-refractivity contribution in [2.45, 2.75) is 85.1 Å². The van der Waals surface area contributed by atoms with Crippen molar-refractivity contribution in [3.05, 3.63) is 0 Å². The minimum absolute atomic E-state index is 0.228. The summed E-state index contributed by atoms with van der Waals surface area (Å²) >= 11 is 0. The van der Waals surface area contributed by atoms with E-state index < -0.39 is 0 Å². The Kier molecular flexibility index (Phi) is 5.41. The van der Waals surface area contributed by atoms with Gasteiger partial charge in [0.05, 0.1) is 0 Å². The van der Waals surface area contributed by atoms with Crippen molar-refractivity contribution in [2.24, 2.45) is 10.8 Å². The summed E-state index contributed by atoms with van der Waals surface area (Å²) in [5.41, 5.74) is 1.33. The molecular weight excluding hydrogens is 256 g/mol. The SMILES string of the molecule is CC(C)(CNC(C)(C)C)CN1CCC2(CCCCC2)CC1. The molecule has 2 heteroatoms. The molecule has 0 bridgehead atoms. The Morgan fingerprint density at radius 2 is 1.43 bits per heavy atom. The number of piperidine rings is 1. The van der Waals surface area contributed by atoms with E-state index in [2.05, 4.69) is 44.8 Å². The van der Waals surface area contributed by atoms with E-state index >= 15 is 0 Å². The first-order chi connectivity index (χ1) is 9.70. The van der Waals surface area contributed by atoms with Crippen molar-refractivity contribution in [3.63, 3.8) is 0 Å². The van der Waals surface area contributed by atoms with Crippen LogP contribution in [0, 0.1) is 10.8 Å². The monoisotopic (exact) mass is 294 g/mol. The van der Waals surface area contributed by atoms with Crippen LogP contribution in [0.15, 0.2) is 0 Å². The maximum Gasteiger partial charge on any atom is 0.00967 e. The molecule has 0 amide bonds. The Morgan fingerprint density at radius 1 is 0.857 bits per heavy atom. The van der Waals surface area contributed by atoms with Gasteiger partial charge in [0, 0.05) is 18.6 Å². The van der Waals surface area contributed by atoms with Crippen molar-refractivity contribution in [2.75, 3.05) is 26.2 Å². The maximum absolute atomic E-state index is 3.68. The van der Waals surface area contributed by atoms with Crippen LogP contribution < -0.4 is 5.32 Å². The summed E-state index contributed by atoms with van der Waals surface area (Å²) in [4.78, 5) is 2.73. The van der Waals surface area contributed by atoms with Gasteiger partial charge in [0.25, 0.3) is 0 Å². The summed E-state index contributed by atoms with van der Waals surface area (Å²) in [5, 5.41) is 3.68. The molecule has 2 aliphatic rings. The number of rotatable bonds is 4. The number of likely N-dealkylation sites (tertiary alicyclic amines) is 1. The molecular formula is C19H38N2. The molecule has 1 saturated heterocycles. The molecule has 1 spiro atoms. The number of nitrogens with one attached hydrogen (secondary N) is 1. The third-order valence-corrected chi connectivity index (χ3v) is 5.58. The molecule has 2 fully saturated rings. The van der Waals surface area contributed by atoms with E-state index in [4.69, 9.17) is 0 Å². The van der Waals surface area contributed by atoms with Gasteiger partial charge in [-0.2, -0.15) is 0 Å². The molecule has 0 aromatic rings. The van der Waals surface area contributed by atoms with Gasteiger partial charge in [0.15, 0.2) is 0 Å². The molecule has 1 aliphatic heterocycles. The summed E-state index contributed by atoms with van der Waals surface area (Å²) in [6, 6.07) is 0. The molecule has 2 nitrogen and oxygen atoms in total. The molecule has 0 aromatic carbocycles. The summed E-state index contributed by atoms with van der Waals surface area (Å²) < 4.78 is 0. The van der Waals surface area contributed by atoms with E-state index in [1.807, 2.05) is 0 Å². The van der Waals surface area contributed by atoms with Crippen molar-refractivity contribution in [3.8, 4) is 0 Å². The average molecular weight is 295 g/mol. The minimum Gasteiger partial charge on any atom is -0.311 e. The Labute approximate surface area is 133 Å². The molecule has 0 atom stereocenters. The van der Waals surface area contributed by atoms with Gasteiger partial charge >= 0.3 is 0 Å². The largest absolute Gasteiger partial charge is 0.311 e. The fourth-order valence-corrected chi connectivity index (χ4v) is 4.15. The molecule has 1 N–H and O–H groups in total. The number of hydrogen-bond acceptors (Lipinski definition) is 2. The van der Waals surface area contributed by atoms with Gasteiger partial charge in [0.1, 0.15) is 0 Å². The third kappa shape index (κ3) is 5.56. The van der Waals surface area contributed by atoms with Crippen LogP contribution in [0.2, 0.25) is 0 Å². The second kappa shape index (κ2) is 6.58. The second-order valence-electron chi connectivity index (χ2n) is 9.60. The zero-order chi connectivity index (χ0) is 15.6. The summed E-state index contributed by atoms with van der Waals surface area (Å²) in [7, 11) is 0. The molecule has 1 saturated carbocycles. The Balaban J connectivity index is 1.77. The molecule has 0 unspecified atom stereocenters. The van der Waals surface area contributed by atoms with Crippen LogP contribution >= 0.6 is 0 Å². The zero-order valence-corrected chi connectivity index (χ0v) is 15.2. The predicted molar refractivity (Wildman–Crippen MR) is 92.7 cm³/mol. The van der Waals surface area contributed by atoms with Gasteiger partial charge < -0.3 is 10.2 Å². The molecule has 0 aromatic heterocycles. The molecule has 21 heavy (non-hydrogen) atoms. The minimum atomic E-state index is 0.228. The average Bonchev–Trinajstić information content (AvgIpc) is 2.40. The lowest BCUT2D eigenvalue weighted by Gasteiger charge is -2.46. The van der Waals surface area contributed by atoms with E-state index in [9.17, 15) is 0 Å².